The summed E-state index contributed by atoms with van der Waals surface area (Å²) in [5, 5.41) is 21.9. The number of allylic oxidation sites excluding steroid dienone is 2. The van der Waals surface area contributed by atoms with E-state index in [1.165, 1.54) is 24.8 Å². The van der Waals surface area contributed by atoms with Crippen LogP contribution in [0.1, 0.15) is 96.1 Å². The highest BCUT2D eigenvalue weighted by molar-refractivity contribution is 5.52. The van der Waals surface area contributed by atoms with Crippen LogP contribution in [0.15, 0.2) is 36.1 Å². The minimum absolute atomic E-state index is 0.0179. The Balaban J connectivity index is 2.33. The van der Waals surface area contributed by atoms with E-state index < -0.39 is 0 Å². The van der Waals surface area contributed by atoms with Gasteiger partial charge in [-0.1, -0.05) is 58.6 Å². The van der Waals surface area contributed by atoms with Crippen molar-refractivity contribution in [3.8, 4) is 11.5 Å². The third-order valence-electron chi connectivity index (χ3n) is 6.61. The third-order valence-corrected chi connectivity index (χ3v) is 6.61. The Morgan fingerprint density at radius 1 is 1.21 bits per heavy atom. The van der Waals surface area contributed by atoms with Crippen molar-refractivity contribution < 1.29 is 14.9 Å². The maximum atomic E-state index is 11.0. The second-order valence-electron chi connectivity index (χ2n) is 9.44. The third kappa shape index (κ3) is 5.81. The van der Waals surface area contributed by atoms with Crippen LogP contribution in [0.5, 0.6) is 11.5 Å². The number of hydrogen-bond donors (Lipinski definition) is 2. The van der Waals surface area contributed by atoms with Crippen molar-refractivity contribution in [1.29, 1.82) is 0 Å². The molecule has 1 fully saturated rings. The van der Waals surface area contributed by atoms with Crippen molar-refractivity contribution in [3.63, 3.8) is 0 Å². The van der Waals surface area contributed by atoms with Gasteiger partial charge in [-0.15, -0.1) is 0 Å². The van der Waals surface area contributed by atoms with Gasteiger partial charge >= 0.3 is 0 Å². The number of ether oxygens (including phenoxy) is 1. The fourth-order valence-electron chi connectivity index (χ4n) is 4.77. The van der Waals surface area contributed by atoms with E-state index in [9.17, 15) is 10.2 Å². The van der Waals surface area contributed by atoms with E-state index in [1.54, 1.807) is 7.11 Å². The van der Waals surface area contributed by atoms with Crippen molar-refractivity contribution in [1.82, 2.24) is 0 Å². The molecule has 29 heavy (non-hydrogen) atoms. The fraction of sp³-hybridized carbons (Fsp3) is 0.615. The average Bonchev–Trinajstić information content (AvgIpc) is 2.65. The zero-order valence-corrected chi connectivity index (χ0v) is 19.1. The summed E-state index contributed by atoms with van der Waals surface area (Å²) < 4.78 is 5.23. The van der Waals surface area contributed by atoms with E-state index >= 15 is 0 Å². The number of rotatable bonds is 9. The Morgan fingerprint density at radius 2 is 1.86 bits per heavy atom. The first-order valence-electron chi connectivity index (χ1n) is 11.1. The minimum atomic E-state index is -0.0807. The SMILES string of the molecule is C=C(C)[C@H]1CCC(=COC)C[C@@H]1c1c(O)cc(C(C)(C)CCCCCC)cc1O. The van der Waals surface area contributed by atoms with Gasteiger partial charge < -0.3 is 14.9 Å². The van der Waals surface area contributed by atoms with Crippen LogP contribution in [-0.2, 0) is 10.2 Å². The summed E-state index contributed by atoms with van der Waals surface area (Å²) in [6.45, 7) is 12.8. The van der Waals surface area contributed by atoms with Gasteiger partial charge in [0.25, 0.3) is 0 Å². The first-order chi connectivity index (χ1) is 13.7. The van der Waals surface area contributed by atoms with Crippen LogP contribution in [0.25, 0.3) is 0 Å². The molecule has 0 saturated heterocycles. The summed E-state index contributed by atoms with van der Waals surface area (Å²) in [5.74, 6) is 0.672. The molecule has 1 aromatic rings. The van der Waals surface area contributed by atoms with Gasteiger partial charge in [0.1, 0.15) is 11.5 Å². The summed E-state index contributed by atoms with van der Waals surface area (Å²) in [4.78, 5) is 0. The molecule has 0 amide bonds. The number of phenolic OH excluding ortho intramolecular Hbond substituents is 2. The van der Waals surface area contributed by atoms with Crippen LogP contribution in [-0.4, -0.2) is 17.3 Å². The lowest BCUT2D eigenvalue weighted by atomic mass is 9.70. The van der Waals surface area contributed by atoms with Crippen LogP contribution in [0.2, 0.25) is 0 Å². The van der Waals surface area contributed by atoms with Gasteiger partial charge in [0, 0.05) is 11.5 Å². The van der Waals surface area contributed by atoms with Crippen LogP contribution >= 0.6 is 0 Å². The maximum Gasteiger partial charge on any atom is 0.123 e. The van der Waals surface area contributed by atoms with E-state index in [0.717, 1.165) is 43.2 Å². The van der Waals surface area contributed by atoms with E-state index in [1.807, 2.05) is 25.3 Å². The summed E-state index contributed by atoms with van der Waals surface area (Å²) >= 11 is 0. The molecule has 162 valence electrons. The monoisotopic (exact) mass is 400 g/mol. The molecule has 0 aliphatic heterocycles. The van der Waals surface area contributed by atoms with E-state index in [4.69, 9.17) is 4.74 Å². The molecule has 1 aromatic carbocycles. The molecule has 1 aliphatic rings. The molecule has 0 radical (unpaired) electrons. The van der Waals surface area contributed by atoms with Crippen LogP contribution in [0.3, 0.4) is 0 Å². The maximum absolute atomic E-state index is 11.0. The summed E-state index contributed by atoms with van der Waals surface area (Å²) in [7, 11) is 1.67. The second-order valence-corrected chi connectivity index (χ2v) is 9.44. The molecule has 0 spiro atoms. The average molecular weight is 401 g/mol. The predicted molar refractivity (Wildman–Crippen MR) is 122 cm³/mol. The fourth-order valence-corrected chi connectivity index (χ4v) is 4.77. The van der Waals surface area contributed by atoms with Crippen molar-refractivity contribution in [2.45, 2.75) is 90.4 Å². The predicted octanol–water partition coefficient (Wildman–Crippen LogP) is 7.34. The number of benzene rings is 1. The van der Waals surface area contributed by atoms with E-state index in [-0.39, 0.29) is 28.7 Å². The lowest BCUT2D eigenvalue weighted by molar-refractivity contribution is 0.314. The molecule has 3 nitrogen and oxygen atoms in total. The van der Waals surface area contributed by atoms with Gasteiger partial charge in [-0.2, -0.15) is 0 Å². The Morgan fingerprint density at radius 3 is 2.41 bits per heavy atom. The van der Waals surface area contributed by atoms with Crippen LogP contribution in [0.4, 0.5) is 0 Å². The standard InChI is InChI=1S/C26H40O3/c1-7-8-9-10-13-26(4,5)20-15-23(27)25(24(28)16-20)22-14-19(17-29-6)11-12-21(22)18(2)3/h15-17,21-22,27-28H,2,7-14H2,1,3-6H3/t21-,22+/m1/s1. The van der Waals surface area contributed by atoms with Gasteiger partial charge in [0.2, 0.25) is 0 Å². The first-order valence-corrected chi connectivity index (χ1v) is 11.1. The molecule has 2 atom stereocenters. The molecule has 0 aromatic heterocycles. The number of phenols is 2. The number of unbranched alkanes of at least 4 members (excludes halogenated alkanes) is 3. The first kappa shape index (κ1) is 23.4. The number of aromatic hydroxyl groups is 2. The summed E-state index contributed by atoms with van der Waals surface area (Å²) in [6.07, 6.45) is 10.4. The lowest BCUT2D eigenvalue weighted by Gasteiger charge is -2.35. The Labute approximate surface area is 177 Å². The molecule has 1 saturated carbocycles. The quantitative estimate of drug-likeness (QED) is 0.259. The summed E-state index contributed by atoms with van der Waals surface area (Å²) in [6, 6.07) is 3.75. The van der Waals surface area contributed by atoms with Gasteiger partial charge in [-0.3, -0.25) is 0 Å². The van der Waals surface area contributed by atoms with E-state index in [0.29, 0.717) is 5.56 Å². The topological polar surface area (TPSA) is 49.7 Å². The van der Waals surface area contributed by atoms with Crippen LogP contribution < -0.4 is 0 Å². The summed E-state index contributed by atoms with van der Waals surface area (Å²) in [5.41, 5.74) is 3.90. The smallest absolute Gasteiger partial charge is 0.123 e. The molecule has 0 bridgehead atoms. The van der Waals surface area contributed by atoms with Gasteiger partial charge in [0.05, 0.1) is 13.4 Å². The Kier molecular flexibility index (Phi) is 8.24. The highest BCUT2D eigenvalue weighted by Crippen LogP contribution is 2.50. The molecule has 2 rings (SSSR count). The highest BCUT2D eigenvalue weighted by atomic mass is 16.5. The molecular weight excluding hydrogens is 360 g/mol. The molecule has 3 heteroatoms. The van der Waals surface area contributed by atoms with Crippen LogP contribution in [0, 0.1) is 5.92 Å². The largest absolute Gasteiger partial charge is 0.508 e. The molecule has 2 N–H and O–H groups in total. The van der Waals surface area contributed by atoms with Crippen molar-refractivity contribution in [3.05, 3.63) is 47.2 Å². The molecule has 0 heterocycles. The van der Waals surface area contributed by atoms with Gasteiger partial charge in [-0.05, 0) is 67.2 Å². The number of hydrogen-bond acceptors (Lipinski definition) is 3. The lowest BCUT2D eigenvalue weighted by Crippen LogP contribution is -2.21. The number of methoxy groups -OCH3 is 1. The Bertz CT molecular complexity index is 706. The van der Waals surface area contributed by atoms with Gasteiger partial charge in [-0.25, -0.2) is 0 Å². The molecule has 1 aliphatic carbocycles. The minimum Gasteiger partial charge on any atom is -0.508 e. The highest BCUT2D eigenvalue weighted by Gasteiger charge is 2.34. The van der Waals surface area contributed by atoms with Crippen molar-refractivity contribution >= 4 is 0 Å². The molecule has 0 unspecified atom stereocenters. The molecular formula is C26H40O3. The Hall–Kier alpha value is -1.90. The van der Waals surface area contributed by atoms with Gasteiger partial charge in [0.15, 0.2) is 0 Å². The second kappa shape index (κ2) is 10.2. The normalized spacial score (nSPS) is 21.3. The zero-order chi connectivity index (χ0) is 21.6. The zero-order valence-electron chi connectivity index (χ0n) is 19.1. The van der Waals surface area contributed by atoms with Crippen molar-refractivity contribution in [2.75, 3.05) is 7.11 Å². The van der Waals surface area contributed by atoms with E-state index in [2.05, 4.69) is 27.4 Å². The van der Waals surface area contributed by atoms with Crippen molar-refractivity contribution in [2.24, 2.45) is 5.92 Å².